The summed E-state index contributed by atoms with van der Waals surface area (Å²) in [4.78, 5) is 10.5. The van der Waals surface area contributed by atoms with Gasteiger partial charge in [0, 0.05) is 12.1 Å². The predicted molar refractivity (Wildman–Crippen MR) is 145 cm³/mol. The molecule has 0 radical (unpaired) electrons. The van der Waals surface area contributed by atoms with Gasteiger partial charge in [-0.3, -0.25) is 0 Å². The van der Waals surface area contributed by atoms with Crippen LogP contribution in [0.4, 0.5) is 0 Å². The zero-order valence-corrected chi connectivity index (χ0v) is 23.9. The monoisotopic (exact) mass is 484 g/mol. The minimum atomic E-state index is -1.64. The quantitative estimate of drug-likeness (QED) is 0.116. The molecule has 0 aromatic carbocycles. The van der Waals surface area contributed by atoms with Crippen LogP contribution in [0.25, 0.3) is 0 Å². The average Bonchev–Trinajstić information content (AvgIpc) is 2.77. The molecule has 3 unspecified atom stereocenters. The molecule has 0 aromatic heterocycles. The van der Waals surface area contributed by atoms with Crippen molar-refractivity contribution in [2.45, 2.75) is 156 Å². The van der Waals surface area contributed by atoms with Gasteiger partial charge < -0.3 is 9.42 Å². The van der Waals surface area contributed by atoms with E-state index in [1.807, 2.05) is 4.67 Å². The van der Waals surface area contributed by atoms with E-state index < -0.39 is 8.53 Å². The van der Waals surface area contributed by atoms with Crippen LogP contribution in [0.2, 0.25) is 0 Å². The molecule has 0 aliphatic heterocycles. The van der Waals surface area contributed by atoms with Crippen LogP contribution in [-0.2, 0) is 4.52 Å². The molecule has 0 aliphatic rings. The molecule has 0 aliphatic carbocycles. The fraction of sp³-hybridized carbons (Fsp3) is 0.964. The fourth-order valence-corrected chi connectivity index (χ4v) is 5.99. The van der Waals surface area contributed by atoms with Gasteiger partial charge in [-0.15, -0.1) is 0 Å². The van der Waals surface area contributed by atoms with Crippen LogP contribution in [0.1, 0.15) is 144 Å². The molecule has 33 heavy (non-hydrogen) atoms. The highest BCUT2D eigenvalue weighted by Crippen LogP contribution is 2.41. The molecule has 4 nitrogen and oxygen atoms in total. The van der Waals surface area contributed by atoms with Gasteiger partial charge in [-0.25, -0.2) is 4.67 Å². The second-order valence-corrected chi connectivity index (χ2v) is 11.6. The maximum Gasteiger partial charge on any atom is 0.256 e. The van der Waals surface area contributed by atoms with Gasteiger partial charge in [0.1, 0.15) is 0 Å². The van der Waals surface area contributed by atoms with Crippen molar-refractivity contribution in [3.05, 3.63) is 0 Å². The molecule has 1 N–H and O–H groups in total. The Morgan fingerprint density at radius 1 is 0.758 bits per heavy atom. The molecule has 196 valence electrons. The average molecular weight is 485 g/mol. The third-order valence-electron chi connectivity index (χ3n) is 6.81. The lowest BCUT2D eigenvalue weighted by molar-refractivity contribution is 0.175. The van der Waals surface area contributed by atoms with E-state index in [1.54, 1.807) is 0 Å². The van der Waals surface area contributed by atoms with Crippen molar-refractivity contribution >= 4 is 8.53 Å². The summed E-state index contributed by atoms with van der Waals surface area (Å²) < 4.78 is 7.81. The van der Waals surface area contributed by atoms with Gasteiger partial charge in [0.25, 0.3) is 8.53 Å². The third-order valence-corrected chi connectivity index (χ3v) is 8.51. The molecule has 0 amide bonds. The molecular weight excluding hydrogens is 427 g/mol. The highest BCUT2D eigenvalue weighted by atomic mass is 31.2. The zero-order valence-electron chi connectivity index (χ0n) is 23.0. The Morgan fingerprint density at radius 2 is 1.18 bits per heavy atom. The first-order valence-electron chi connectivity index (χ1n) is 14.2. The largest absolute Gasteiger partial charge is 0.338 e. The molecule has 0 rings (SSSR count). The summed E-state index contributed by atoms with van der Waals surface area (Å²) in [6.07, 6.45) is 21.3. The van der Waals surface area contributed by atoms with Crippen molar-refractivity contribution < 1.29 is 9.42 Å². The third kappa shape index (κ3) is 17.0. The van der Waals surface area contributed by atoms with Crippen LogP contribution in [-0.4, -0.2) is 28.3 Å². The Bertz CT molecular complexity index is 459. The summed E-state index contributed by atoms with van der Waals surface area (Å²) in [6.45, 7) is 13.1. The Hall–Kier alpha value is -0.200. The lowest BCUT2D eigenvalue weighted by Crippen LogP contribution is -2.33. The van der Waals surface area contributed by atoms with Crippen molar-refractivity contribution in [3.63, 3.8) is 0 Å². The van der Waals surface area contributed by atoms with Crippen LogP contribution in [0.15, 0.2) is 0 Å². The topological polar surface area (TPSA) is 56.5 Å². The van der Waals surface area contributed by atoms with Crippen molar-refractivity contribution in [3.8, 4) is 6.07 Å². The standard InChI is InChI=1S/C28H57N2O2P/c1-7-9-10-11-12-13-14-15-16-17-18-19-20-21-22-27(8-2)28(23-29)24-32-33(31)30(25(3)4)26(5)6/h25-28,31H,7-22,24H2,1-6H3. The summed E-state index contributed by atoms with van der Waals surface area (Å²) in [5.74, 6) is 0.234. The molecule has 0 saturated heterocycles. The van der Waals surface area contributed by atoms with E-state index in [0.29, 0.717) is 12.5 Å². The minimum Gasteiger partial charge on any atom is -0.338 e. The van der Waals surface area contributed by atoms with Crippen molar-refractivity contribution in [2.24, 2.45) is 11.8 Å². The van der Waals surface area contributed by atoms with Crippen molar-refractivity contribution in [1.29, 1.82) is 5.26 Å². The Morgan fingerprint density at radius 3 is 1.55 bits per heavy atom. The Labute approximate surface area is 208 Å². The SMILES string of the molecule is CCCCCCCCCCCCCCCCC(CC)C(C#N)COP(O)N(C(C)C)C(C)C. The van der Waals surface area contributed by atoms with Crippen molar-refractivity contribution in [2.75, 3.05) is 6.61 Å². The molecular formula is C28H57N2O2P. The van der Waals surface area contributed by atoms with Gasteiger partial charge in [0.2, 0.25) is 0 Å². The molecule has 0 spiro atoms. The maximum atomic E-state index is 10.5. The molecule has 5 heteroatoms. The van der Waals surface area contributed by atoms with Crippen molar-refractivity contribution in [1.82, 2.24) is 4.67 Å². The van der Waals surface area contributed by atoms with E-state index in [-0.39, 0.29) is 18.0 Å². The van der Waals surface area contributed by atoms with Gasteiger partial charge in [-0.2, -0.15) is 5.26 Å². The molecule has 0 heterocycles. The second kappa shape index (κ2) is 22.3. The lowest BCUT2D eigenvalue weighted by atomic mass is 9.87. The number of nitrogens with zero attached hydrogens (tertiary/aromatic N) is 2. The molecule has 3 atom stereocenters. The first-order valence-corrected chi connectivity index (χ1v) is 15.3. The highest BCUT2D eigenvalue weighted by molar-refractivity contribution is 7.43. The van der Waals surface area contributed by atoms with E-state index in [9.17, 15) is 10.2 Å². The summed E-state index contributed by atoms with van der Waals surface area (Å²) in [6, 6.07) is 2.90. The molecule has 0 aromatic rings. The van der Waals surface area contributed by atoms with Gasteiger partial charge in [0.05, 0.1) is 18.6 Å². The van der Waals surface area contributed by atoms with Gasteiger partial charge in [0.15, 0.2) is 0 Å². The van der Waals surface area contributed by atoms with E-state index in [1.165, 1.54) is 89.9 Å². The van der Waals surface area contributed by atoms with E-state index in [2.05, 4.69) is 47.6 Å². The van der Waals surface area contributed by atoms with Crippen LogP contribution in [0.3, 0.4) is 0 Å². The first kappa shape index (κ1) is 32.8. The number of nitriles is 1. The number of rotatable bonds is 23. The van der Waals surface area contributed by atoms with E-state index in [4.69, 9.17) is 4.52 Å². The van der Waals surface area contributed by atoms with Crippen LogP contribution in [0, 0.1) is 23.2 Å². The highest BCUT2D eigenvalue weighted by Gasteiger charge is 2.27. The summed E-state index contributed by atoms with van der Waals surface area (Å²) in [5, 5.41) is 9.69. The fourth-order valence-electron chi connectivity index (χ4n) is 4.77. The Kier molecular flexibility index (Phi) is 22.1. The van der Waals surface area contributed by atoms with Gasteiger partial charge in [-0.05, 0) is 40.0 Å². The molecule has 0 bridgehead atoms. The normalized spacial score (nSPS) is 14.7. The van der Waals surface area contributed by atoms with Crippen LogP contribution in [0.5, 0.6) is 0 Å². The number of unbranched alkanes of at least 4 members (excludes halogenated alkanes) is 13. The lowest BCUT2D eigenvalue weighted by Gasteiger charge is -2.33. The molecule has 0 saturated carbocycles. The first-order chi connectivity index (χ1) is 15.9. The summed E-state index contributed by atoms with van der Waals surface area (Å²) in [5.41, 5.74) is 0. The van der Waals surface area contributed by atoms with Gasteiger partial charge in [-0.1, -0.05) is 110 Å². The van der Waals surface area contributed by atoms with Crippen LogP contribution >= 0.6 is 8.53 Å². The number of hydrogen-bond donors (Lipinski definition) is 1. The number of hydrogen-bond acceptors (Lipinski definition) is 4. The minimum absolute atomic E-state index is 0.129. The second-order valence-electron chi connectivity index (χ2n) is 10.4. The maximum absolute atomic E-state index is 10.5. The zero-order chi connectivity index (χ0) is 24.9. The summed E-state index contributed by atoms with van der Waals surface area (Å²) >= 11 is 0. The van der Waals surface area contributed by atoms with Crippen LogP contribution < -0.4 is 0 Å². The smallest absolute Gasteiger partial charge is 0.256 e. The Balaban J connectivity index is 3.91. The van der Waals surface area contributed by atoms with Gasteiger partial charge >= 0.3 is 0 Å². The van der Waals surface area contributed by atoms with E-state index in [0.717, 1.165) is 12.8 Å². The predicted octanol–water partition coefficient (Wildman–Crippen LogP) is 9.38. The molecule has 0 fully saturated rings. The van der Waals surface area contributed by atoms with E-state index >= 15 is 0 Å². The summed E-state index contributed by atoms with van der Waals surface area (Å²) in [7, 11) is -1.64.